The quantitative estimate of drug-likeness (QED) is 0.587. The van der Waals surface area contributed by atoms with E-state index < -0.39 is 10.0 Å². The average Bonchev–Trinajstić information content (AvgIpc) is 1.84. The van der Waals surface area contributed by atoms with Gasteiger partial charge in [0.05, 0.1) is 5.75 Å². The van der Waals surface area contributed by atoms with E-state index in [1.165, 1.54) is 0 Å². The van der Waals surface area contributed by atoms with Gasteiger partial charge in [-0.05, 0) is 33.2 Å². The van der Waals surface area contributed by atoms with Crippen molar-refractivity contribution in [2.75, 3.05) is 12.3 Å². The van der Waals surface area contributed by atoms with E-state index >= 15 is 0 Å². The number of rotatable bonds is 6. The summed E-state index contributed by atoms with van der Waals surface area (Å²) < 4.78 is 24.8. The fourth-order valence-corrected chi connectivity index (χ4v) is 2.27. The van der Waals surface area contributed by atoms with Crippen molar-refractivity contribution in [3.63, 3.8) is 0 Å². The summed E-state index contributed by atoms with van der Waals surface area (Å²) in [7, 11) is -3.06. The Morgan fingerprint density at radius 1 is 1.33 bits per heavy atom. The fourth-order valence-electron chi connectivity index (χ4n) is 0.854. The van der Waals surface area contributed by atoms with Crippen LogP contribution in [0, 0.1) is 0 Å². The van der Waals surface area contributed by atoms with Crippen molar-refractivity contribution in [1.29, 1.82) is 0 Å². The number of hydrogen-bond acceptors (Lipinski definition) is 3. The van der Waals surface area contributed by atoms with Gasteiger partial charge in [0.2, 0.25) is 10.0 Å². The van der Waals surface area contributed by atoms with E-state index in [0.717, 1.165) is 6.42 Å². The number of nitrogens with two attached hydrogens (primary N) is 1. The molecule has 0 aliphatic carbocycles. The third kappa shape index (κ3) is 6.57. The van der Waals surface area contributed by atoms with Crippen molar-refractivity contribution in [2.45, 2.75) is 32.7 Å². The smallest absolute Gasteiger partial charge is 0.211 e. The van der Waals surface area contributed by atoms with Gasteiger partial charge in [-0.15, -0.1) is 0 Å². The molecule has 0 atom stereocenters. The van der Waals surface area contributed by atoms with E-state index in [4.69, 9.17) is 5.73 Å². The van der Waals surface area contributed by atoms with Gasteiger partial charge in [-0.3, -0.25) is 0 Å². The molecule has 0 rings (SSSR count). The summed E-state index contributed by atoms with van der Waals surface area (Å²) in [5.41, 5.74) is 5.24. The number of hydrogen-bond donors (Lipinski definition) is 2. The molecule has 12 heavy (non-hydrogen) atoms. The van der Waals surface area contributed by atoms with Crippen LogP contribution in [-0.2, 0) is 10.0 Å². The predicted molar refractivity (Wildman–Crippen MR) is 50.3 cm³/mol. The summed E-state index contributed by atoms with van der Waals surface area (Å²) in [4.78, 5) is 0. The highest BCUT2D eigenvalue weighted by Crippen LogP contribution is 1.94. The molecule has 0 fully saturated rings. The Morgan fingerprint density at radius 3 is 2.33 bits per heavy atom. The first-order valence-corrected chi connectivity index (χ1v) is 5.83. The molecule has 0 heterocycles. The van der Waals surface area contributed by atoms with Gasteiger partial charge in [0.25, 0.3) is 0 Å². The van der Waals surface area contributed by atoms with Gasteiger partial charge < -0.3 is 5.73 Å². The molecule has 5 heteroatoms. The van der Waals surface area contributed by atoms with Crippen molar-refractivity contribution in [2.24, 2.45) is 5.73 Å². The number of unbranched alkanes of at least 4 members (excludes halogenated alkanes) is 1. The van der Waals surface area contributed by atoms with Crippen LogP contribution >= 0.6 is 0 Å². The van der Waals surface area contributed by atoms with Gasteiger partial charge in [-0.25, -0.2) is 13.1 Å². The topological polar surface area (TPSA) is 72.2 Å². The summed E-state index contributed by atoms with van der Waals surface area (Å²) in [6.45, 7) is 4.16. The van der Waals surface area contributed by atoms with E-state index in [-0.39, 0.29) is 11.8 Å². The second-order valence-corrected chi connectivity index (χ2v) is 4.96. The molecule has 0 amide bonds. The Morgan fingerprint density at radius 2 is 1.92 bits per heavy atom. The lowest BCUT2D eigenvalue weighted by Crippen LogP contribution is -2.32. The van der Waals surface area contributed by atoms with Gasteiger partial charge in [0.15, 0.2) is 0 Å². The third-order valence-corrected chi connectivity index (χ3v) is 2.94. The monoisotopic (exact) mass is 194 g/mol. The predicted octanol–water partition coefficient (Wildman–Crippen LogP) is 0.0531. The fraction of sp³-hybridized carbons (Fsp3) is 1.00. The maximum atomic E-state index is 11.2. The van der Waals surface area contributed by atoms with Crippen LogP contribution in [0.15, 0.2) is 0 Å². The van der Waals surface area contributed by atoms with Gasteiger partial charge in [0.1, 0.15) is 0 Å². The van der Waals surface area contributed by atoms with E-state index in [2.05, 4.69) is 4.72 Å². The molecule has 0 unspecified atom stereocenters. The lowest BCUT2D eigenvalue weighted by Gasteiger charge is -2.08. The molecule has 3 N–H and O–H groups in total. The minimum absolute atomic E-state index is 0.0205. The summed E-state index contributed by atoms with van der Waals surface area (Å²) in [6.07, 6.45) is 1.40. The average molecular weight is 194 g/mol. The Labute approximate surface area is 74.6 Å². The number of sulfonamides is 1. The molecule has 0 aliphatic heterocycles. The summed E-state index contributed by atoms with van der Waals surface area (Å²) >= 11 is 0. The number of nitrogens with one attached hydrogen (secondary N) is 1. The molecule has 0 bridgehead atoms. The van der Waals surface area contributed by atoms with E-state index in [0.29, 0.717) is 13.0 Å². The Bertz CT molecular complexity index is 199. The first-order chi connectivity index (χ1) is 5.48. The lowest BCUT2D eigenvalue weighted by atomic mass is 10.3. The minimum Gasteiger partial charge on any atom is -0.330 e. The van der Waals surface area contributed by atoms with Crippen LogP contribution in [0.5, 0.6) is 0 Å². The molecule has 74 valence electrons. The normalized spacial score (nSPS) is 12.3. The van der Waals surface area contributed by atoms with Gasteiger partial charge >= 0.3 is 0 Å². The van der Waals surface area contributed by atoms with Gasteiger partial charge in [-0.2, -0.15) is 0 Å². The molecule has 0 saturated heterocycles. The first-order valence-electron chi connectivity index (χ1n) is 4.18. The Kier molecular flexibility index (Phi) is 5.44. The molecule has 0 aromatic rings. The molecule has 0 spiro atoms. The maximum Gasteiger partial charge on any atom is 0.211 e. The van der Waals surface area contributed by atoms with Gasteiger partial charge in [0, 0.05) is 6.04 Å². The van der Waals surface area contributed by atoms with Crippen LogP contribution in [0.2, 0.25) is 0 Å². The largest absolute Gasteiger partial charge is 0.330 e. The summed E-state index contributed by atoms with van der Waals surface area (Å²) in [5, 5.41) is 0. The van der Waals surface area contributed by atoms with E-state index in [1.54, 1.807) is 13.8 Å². The summed E-state index contributed by atoms with van der Waals surface area (Å²) in [5.74, 6) is 0.183. The third-order valence-electron chi connectivity index (χ3n) is 1.28. The molecule has 0 radical (unpaired) electrons. The van der Waals surface area contributed by atoms with E-state index in [9.17, 15) is 8.42 Å². The maximum absolute atomic E-state index is 11.2. The molecule has 4 nitrogen and oxygen atoms in total. The van der Waals surface area contributed by atoms with Crippen LogP contribution in [0.25, 0.3) is 0 Å². The zero-order chi connectivity index (χ0) is 9.61. The SMILES string of the molecule is CC(C)NS(=O)(=O)CCCCN. The highest BCUT2D eigenvalue weighted by Gasteiger charge is 2.10. The highest BCUT2D eigenvalue weighted by molar-refractivity contribution is 7.89. The zero-order valence-electron chi connectivity index (χ0n) is 7.71. The molecule has 0 saturated carbocycles. The zero-order valence-corrected chi connectivity index (χ0v) is 8.52. The molecular formula is C7H18N2O2S. The van der Waals surface area contributed by atoms with E-state index in [1.807, 2.05) is 0 Å². The molecular weight excluding hydrogens is 176 g/mol. The Hall–Kier alpha value is -0.130. The molecule has 0 aromatic heterocycles. The second kappa shape index (κ2) is 5.50. The highest BCUT2D eigenvalue weighted by atomic mass is 32.2. The molecule has 0 aliphatic rings. The molecule has 0 aromatic carbocycles. The Balaban J connectivity index is 3.73. The first kappa shape index (κ1) is 11.9. The van der Waals surface area contributed by atoms with Gasteiger partial charge in [-0.1, -0.05) is 0 Å². The van der Waals surface area contributed by atoms with Crippen LogP contribution in [0.1, 0.15) is 26.7 Å². The second-order valence-electron chi connectivity index (χ2n) is 3.09. The van der Waals surface area contributed by atoms with Crippen LogP contribution in [-0.4, -0.2) is 26.8 Å². The van der Waals surface area contributed by atoms with Crippen molar-refractivity contribution in [3.05, 3.63) is 0 Å². The summed E-state index contributed by atoms with van der Waals surface area (Å²) in [6, 6.07) is -0.0205. The van der Waals surface area contributed by atoms with Crippen LogP contribution in [0.3, 0.4) is 0 Å². The van der Waals surface area contributed by atoms with Crippen molar-refractivity contribution < 1.29 is 8.42 Å². The van der Waals surface area contributed by atoms with Crippen molar-refractivity contribution in [3.8, 4) is 0 Å². The standard InChI is InChI=1S/C7H18N2O2S/c1-7(2)9-12(10,11)6-4-3-5-8/h7,9H,3-6,8H2,1-2H3. The van der Waals surface area contributed by atoms with Crippen molar-refractivity contribution in [1.82, 2.24) is 4.72 Å². The minimum atomic E-state index is -3.06. The van der Waals surface area contributed by atoms with Crippen LogP contribution in [0.4, 0.5) is 0 Å². The lowest BCUT2D eigenvalue weighted by molar-refractivity contribution is 0.566. The van der Waals surface area contributed by atoms with Crippen molar-refractivity contribution >= 4 is 10.0 Å². The van der Waals surface area contributed by atoms with Crippen LogP contribution < -0.4 is 10.5 Å².